The number of alkyl halides is 3. The lowest BCUT2D eigenvalue weighted by atomic mass is 10.1. The summed E-state index contributed by atoms with van der Waals surface area (Å²) in [4.78, 5) is 5.03. The van der Waals surface area contributed by atoms with Crippen molar-refractivity contribution in [3.63, 3.8) is 0 Å². The first-order chi connectivity index (χ1) is 8.50. The fourth-order valence-electron chi connectivity index (χ4n) is 1.47. The molecule has 1 aromatic carbocycles. The minimum Gasteiger partial charge on any atom is -0.396 e. The summed E-state index contributed by atoms with van der Waals surface area (Å²) in [6, 6.07) is 4.90. The zero-order valence-electron chi connectivity index (χ0n) is 9.24. The quantitative estimate of drug-likeness (QED) is 0.930. The van der Waals surface area contributed by atoms with Crippen LogP contribution in [0.4, 0.5) is 13.2 Å². The maximum Gasteiger partial charge on any atom is 0.416 e. The van der Waals surface area contributed by atoms with Gasteiger partial charge in [-0.05, 0) is 12.1 Å². The van der Waals surface area contributed by atoms with Gasteiger partial charge in [0.15, 0.2) is 0 Å². The van der Waals surface area contributed by atoms with E-state index in [-0.39, 0.29) is 6.61 Å². The molecule has 0 unspecified atom stereocenters. The smallest absolute Gasteiger partial charge is 0.396 e. The molecule has 0 fully saturated rings. The van der Waals surface area contributed by atoms with Gasteiger partial charge in [0.05, 0.1) is 5.56 Å². The van der Waals surface area contributed by atoms with E-state index in [2.05, 4.69) is 4.98 Å². The first-order valence-electron chi connectivity index (χ1n) is 5.24. The minimum atomic E-state index is -4.32. The summed E-state index contributed by atoms with van der Waals surface area (Å²) >= 11 is 1.37. The second-order valence-corrected chi connectivity index (χ2v) is 4.80. The lowest BCUT2D eigenvalue weighted by Gasteiger charge is -2.06. The lowest BCUT2D eigenvalue weighted by molar-refractivity contribution is -0.137. The van der Waals surface area contributed by atoms with Crippen molar-refractivity contribution in [2.24, 2.45) is 0 Å². The average molecular weight is 273 g/mol. The van der Waals surface area contributed by atoms with Crippen molar-refractivity contribution in [2.75, 3.05) is 6.61 Å². The Kier molecular flexibility index (Phi) is 3.68. The van der Waals surface area contributed by atoms with Gasteiger partial charge in [0.25, 0.3) is 0 Å². The molecule has 0 saturated carbocycles. The molecule has 6 heteroatoms. The Labute approximate surface area is 106 Å². The molecule has 1 heterocycles. The number of rotatable bonds is 3. The molecule has 96 valence electrons. The van der Waals surface area contributed by atoms with Crippen molar-refractivity contribution in [3.05, 3.63) is 40.9 Å². The van der Waals surface area contributed by atoms with Crippen molar-refractivity contribution < 1.29 is 18.3 Å². The lowest BCUT2D eigenvalue weighted by Crippen LogP contribution is -2.03. The number of halogens is 3. The van der Waals surface area contributed by atoms with Crippen LogP contribution in [-0.2, 0) is 12.6 Å². The summed E-state index contributed by atoms with van der Waals surface area (Å²) < 4.78 is 37.2. The Bertz CT molecular complexity index is 519. The molecule has 0 aliphatic rings. The van der Waals surface area contributed by atoms with Gasteiger partial charge in [-0.3, -0.25) is 0 Å². The van der Waals surface area contributed by atoms with Crippen LogP contribution in [-0.4, -0.2) is 16.7 Å². The van der Waals surface area contributed by atoms with Crippen LogP contribution in [0.5, 0.6) is 0 Å². The second-order valence-electron chi connectivity index (χ2n) is 3.68. The number of hydrogen-bond donors (Lipinski definition) is 1. The summed E-state index contributed by atoms with van der Waals surface area (Å²) in [5, 5.41) is 9.44. The highest BCUT2D eigenvalue weighted by atomic mass is 32.1. The third-order valence-corrected chi connectivity index (χ3v) is 3.48. The normalized spacial score (nSPS) is 11.8. The summed E-state index contributed by atoms with van der Waals surface area (Å²) in [5.41, 5.74) is -0.0180. The molecule has 2 rings (SSSR count). The molecule has 1 N–H and O–H groups in total. The van der Waals surface area contributed by atoms with Crippen molar-refractivity contribution in [1.29, 1.82) is 0 Å². The van der Waals surface area contributed by atoms with Crippen LogP contribution in [0, 0.1) is 0 Å². The standard InChI is InChI=1S/C12H10F3NOS/c13-12(14,15)9-3-1-8(2-4-9)11-16-7-10(18-11)5-6-17/h1-4,7,17H,5-6H2. The molecule has 0 bridgehead atoms. The summed E-state index contributed by atoms with van der Waals surface area (Å²) in [7, 11) is 0. The van der Waals surface area contributed by atoms with E-state index in [9.17, 15) is 13.2 Å². The maximum absolute atomic E-state index is 12.4. The van der Waals surface area contributed by atoms with E-state index in [0.717, 1.165) is 17.0 Å². The van der Waals surface area contributed by atoms with Gasteiger partial charge in [-0.2, -0.15) is 13.2 Å². The summed E-state index contributed by atoms with van der Waals surface area (Å²) in [5.74, 6) is 0. The molecule has 0 atom stereocenters. The monoisotopic (exact) mass is 273 g/mol. The van der Waals surface area contributed by atoms with E-state index in [4.69, 9.17) is 5.11 Å². The van der Waals surface area contributed by atoms with Gasteiger partial charge in [-0.15, -0.1) is 11.3 Å². The Morgan fingerprint density at radius 2 is 1.83 bits per heavy atom. The number of aliphatic hydroxyl groups is 1. The number of hydrogen-bond acceptors (Lipinski definition) is 3. The molecule has 0 radical (unpaired) electrons. The van der Waals surface area contributed by atoms with Crippen LogP contribution in [0.25, 0.3) is 10.6 Å². The zero-order valence-corrected chi connectivity index (χ0v) is 10.1. The van der Waals surface area contributed by atoms with Crippen molar-refractivity contribution in [1.82, 2.24) is 4.98 Å². The van der Waals surface area contributed by atoms with Crippen LogP contribution < -0.4 is 0 Å². The molecule has 2 aromatic rings. The number of benzene rings is 1. The highest BCUT2D eigenvalue weighted by Gasteiger charge is 2.30. The zero-order chi connectivity index (χ0) is 13.2. The van der Waals surface area contributed by atoms with E-state index in [1.54, 1.807) is 6.20 Å². The van der Waals surface area contributed by atoms with Gasteiger partial charge < -0.3 is 5.11 Å². The summed E-state index contributed by atoms with van der Waals surface area (Å²) in [6.07, 6.45) is -2.17. The minimum absolute atomic E-state index is 0.0364. The van der Waals surface area contributed by atoms with Crippen molar-refractivity contribution in [2.45, 2.75) is 12.6 Å². The molecule has 0 spiro atoms. The second kappa shape index (κ2) is 5.07. The Morgan fingerprint density at radius 3 is 2.39 bits per heavy atom. The third kappa shape index (κ3) is 2.88. The maximum atomic E-state index is 12.4. The van der Waals surface area contributed by atoms with Crippen molar-refractivity contribution >= 4 is 11.3 Å². The first kappa shape index (κ1) is 13.0. The third-order valence-electron chi connectivity index (χ3n) is 2.37. The molecule has 18 heavy (non-hydrogen) atoms. The molecule has 1 aromatic heterocycles. The predicted molar refractivity (Wildman–Crippen MR) is 63.3 cm³/mol. The van der Waals surface area contributed by atoms with Gasteiger partial charge >= 0.3 is 6.18 Å². The van der Waals surface area contributed by atoms with Gasteiger partial charge in [-0.1, -0.05) is 12.1 Å². The van der Waals surface area contributed by atoms with E-state index in [1.165, 1.54) is 23.5 Å². The molecule has 0 amide bonds. The highest BCUT2D eigenvalue weighted by molar-refractivity contribution is 7.15. The van der Waals surface area contributed by atoms with Gasteiger partial charge in [-0.25, -0.2) is 4.98 Å². The topological polar surface area (TPSA) is 33.1 Å². The molecular formula is C12H10F3NOS. The van der Waals surface area contributed by atoms with E-state index < -0.39 is 11.7 Å². The van der Waals surface area contributed by atoms with Gasteiger partial charge in [0.1, 0.15) is 5.01 Å². The van der Waals surface area contributed by atoms with Crippen molar-refractivity contribution in [3.8, 4) is 10.6 Å². The fraction of sp³-hybridized carbons (Fsp3) is 0.250. The van der Waals surface area contributed by atoms with Crippen LogP contribution >= 0.6 is 11.3 Å². The van der Waals surface area contributed by atoms with Crippen LogP contribution in [0.1, 0.15) is 10.4 Å². The van der Waals surface area contributed by atoms with Gasteiger partial charge in [0.2, 0.25) is 0 Å². The summed E-state index contributed by atoms with van der Waals surface area (Å²) in [6.45, 7) is 0.0364. The van der Waals surface area contributed by atoms with E-state index in [1.807, 2.05) is 0 Å². The Balaban J connectivity index is 2.23. The first-order valence-corrected chi connectivity index (χ1v) is 6.05. The van der Waals surface area contributed by atoms with E-state index in [0.29, 0.717) is 17.0 Å². The molecule has 2 nitrogen and oxygen atoms in total. The molecule has 0 saturated heterocycles. The number of nitrogens with zero attached hydrogens (tertiary/aromatic N) is 1. The number of aromatic nitrogens is 1. The van der Waals surface area contributed by atoms with Crippen LogP contribution in [0.2, 0.25) is 0 Å². The predicted octanol–water partition coefficient (Wildman–Crippen LogP) is 3.36. The highest BCUT2D eigenvalue weighted by Crippen LogP contribution is 2.32. The largest absolute Gasteiger partial charge is 0.416 e. The number of aliphatic hydroxyl groups excluding tert-OH is 1. The van der Waals surface area contributed by atoms with E-state index >= 15 is 0 Å². The van der Waals surface area contributed by atoms with Crippen LogP contribution in [0.3, 0.4) is 0 Å². The van der Waals surface area contributed by atoms with Gasteiger partial charge in [0, 0.05) is 29.7 Å². The average Bonchev–Trinajstić information content (AvgIpc) is 2.77. The van der Waals surface area contributed by atoms with Crippen LogP contribution in [0.15, 0.2) is 30.5 Å². The number of thiazole rings is 1. The SMILES string of the molecule is OCCc1cnc(-c2ccc(C(F)(F)F)cc2)s1. The fourth-order valence-corrected chi connectivity index (χ4v) is 2.37. The Morgan fingerprint density at radius 1 is 1.17 bits per heavy atom. The molecule has 0 aliphatic carbocycles. The molecule has 0 aliphatic heterocycles. The Hall–Kier alpha value is -1.40. The molecular weight excluding hydrogens is 263 g/mol.